The number of hydrogen-bond acceptors (Lipinski definition) is 2. The second-order valence-electron chi connectivity index (χ2n) is 5.21. The number of hydrogen-bond donors (Lipinski definition) is 1. The molecule has 0 amide bonds. The first-order valence-corrected chi connectivity index (χ1v) is 6.47. The summed E-state index contributed by atoms with van der Waals surface area (Å²) in [5.74, 6) is 0.600. The van der Waals surface area contributed by atoms with Gasteiger partial charge in [0.05, 0.1) is 0 Å². The molecule has 0 aliphatic rings. The predicted octanol–water partition coefficient (Wildman–Crippen LogP) is 2.93. The largest absolute Gasteiger partial charge is 0.381 e. The Morgan fingerprint density at radius 3 is 2.71 bits per heavy atom. The lowest BCUT2D eigenvalue weighted by atomic mass is 10.0. The van der Waals surface area contributed by atoms with Gasteiger partial charge in [-0.25, -0.2) is 0 Å². The first kappa shape index (κ1) is 14.2. The van der Waals surface area contributed by atoms with E-state index in [4.69, 9.17) is 10.5 Å². The van der Waals surface area contributed by atoms with E-state index >= 15 is 0 Å². The third-order valence-electron chi connectivity index (χ3n) is 2.66. The average molecular weight is 235 g/mol. The van der Waals surface area contributed by atoms with Crippen LogP contribution in [0.15, 0.2) is 24.3 Å². The number of rotatable bonds is 7. The predicted molar refractivity (Wildman–Crippen MR) is 73.1 cm³/mol. The van der Waals surface area contributed by atoms with E-state index in [0.29, 0.717) is 5.92 Å². The molecule has 0 saturated carbocycles. The van der Waals surface area contributed by atoms with Crippen LogP contribution in [-0.4, -0.2) is 19.3 Å². The minimum absolute atomic E-state index is 0.198. The molecule has 0 aromatic heterocycles. The molecule has 1 aromatic carbocycles. The summed E-state index contributed by atoms with van der Waals surface area (Å²) in [4.78, 5) is 0. The van der Waals surface area contributed by atoms with Crippen LogP contribution in [0.1, 0.15) is 31.4 Å². The van der Waals surface area contributed by atoms with Crippen molar-refractivity contribution in [2.45, 2.75) is 39.7 Å². The highest BCUT2D eigenvalue weighted by Gasteiger charge is 2.04. The molecule has 1 aromatic rings. The fraction of sp³-hybridized carbons (Fsp3) is 0.600. The highest BCUT2D eigenvalue weighted by molar-refractivity contribution is 5.22. The highest BCUT2D eigenvalue weighted by Crippen LogP contribution is 2.07. The molecule has 0 fully saturated rings. The summed E-state index contributed by atoms with van der Waals surface area (Å²) < 4.78 is 5.55. The summed E-state index contributed by atoms with van der Waals surface area (Å²) >= 11 is 0. The minimum atomic E-state index is 0.198. The van der Waals surface area contributed by atoms with Gasteiger partial charge in [-0.3, -0.25) is 0 Å². The van der Waals surface area contributed by atoms with Crippen molar-refractivity contribution in [2.24, 2.45) is 11.7 Å². The number of ether oxygens (including phenoxy) is 1. The van der Waals surface area contributed by atoms with Crippen molar-refractivity contribution in [2.75, 3.05) is 13.2 Å². The highest BCUT2D eigenvalue weighted by atomic mass is 16.5. The first-order valence-electron chi connectivity index (χ1n) is 6.47. The smallest absolute Gasteiger partial charge is 0.0489 e. The van der Waals surface area contributed by atoms with E-state index < -0.39 is 0 Å². The van der Waals surface area contributed by atoms with Gasteiger partial charge in [0, 0.05) is 19.3 Å². The lowest BCUT2D eigenvalue weighted by Gasteiger charge is -2.13. The zero-order chi connectivity index (χ0) is 12.7. The summed E-state index contributed by atoms with van der Waals surface area (Å²) in [5, 5.41) is 0. The van der Waals surface area contributed by atoms with Crippen LogP contribution in [0.2, 0.25) is 0 Å². The molecule has 0 bridgehead atoms. The van der Waals surface area contributed by atoms with Gasteiger partial charge in [-0.2, -0.15) is 0 Å². The molecule has 0 radical (unpaired) electrons. The molecule has 2 N–H and O–H groups in total. The molecule has 2 heteroatoms. The molecule has 96 valence electrons. The molecule has 0 heterocycles. The molecule has 1 atom stereocenters. The van der Waals surface area contributed by atoms with Crippen molar-refractivity contribution in [3.63, 3.8) is 0 Å². The number of benzene rings is 1. The van der Waals surface area contributed by atoms with Gasteiger partial charge in [-0.1, -0.05) is 43.7 Å². The Bertz CT molecular complexity index is 322. The van der Waals surface area contributed by atoms with E-state index in [9.17, 15) is 0 Å². The van der Waals surface area contributed by atoms with Gasteiger partial charge >= 0.3 is 0 Å². The topological polar surface area (TPSA) is 35.2 Å². The molecule has 0 aliphatic heterocycles. The van der Waals surface area contributed by atoms with E-state index in [1.165, 1.54) is 11.1 Å². The van der Waals surface area contributed by atoms with Crippen molar-refractivity contribution < 1.29 is 4.74 Å². The Morgan fingerprint density at radius 1 is 1.29 bits per heavy atom. The molecule has 0 aliphatic carbocycles. The Labute approximate surface area is 105 Å². The van der Waals surface area contributed by atoms with E-state index in [2.05, 4.69) is 45.0 Å². The third-order valence-corrected chi connectivity index (χ3v) is 2.66. The van der Waals surface area contributed by atoms with Crippen molar-refractivity contribution in [3.05, 3.63) is 35.4 Å². The van der Waals surface area contributed by atoms with Crippen molar-refractivity contribution in [1.82, 2.24) is 0 Å². The molecular formula is C15H25NO. The lowest BCUT2D eigenvalue weighted by Crippen LogP contribution is -2.25. The maximum absolute atomic E-state index is 6.09. The van der Waals surface area contributed by atoms with Crippen LogP contribution in [-0.2, 0) is 11.2 Å². The monoisotopic (exact) mass is 235 g/mol. The normalized spacial score (nSPS) is 13.0. The van der Waals surface area contributed by atoms with Crippen LogP contribution in [0.5, 0.6) is 0 Å². The van der Waals surface area contributed by atoms with Crippen LogP contribution in [0.4, 0.5) is 0 Å². The fourth-order valence-corrected chi connectivity index (χ4v) is 1.80. The first-order chi connectivity index (χ1) is 8.08. The van der Waals surface area contributed by atoms with Crippen molar-refractivity contribution >= 4 is 0 Å². The summed E-state index contributed by atoms with van der Waals surface area (Å²) in [5.41, 5.74) is 8.71. The summed E-state index contributed by atoms with van der Waals surface area (Å²) in [7, 11) is 0. The van der Waals surface area contributed by atoms with Gasteiger partial charge in [0.15, 0.2) is 0 Å². The van der Waals surface area contributed by atoms with Gasteiger partial charge in [0.1, 0.15) is 0 Å². The maximum Gasteiger partial charge on any atom is 0.0489 e. The molecule has 0 saturated heterocycles. The van der Waals surface area contributed by atoms with Crippen LogP contribution in [0.3, 0.4) is 0 Å². The zero-order valence-corrected chi connectivity index (χ0v) is 11.3. The average Bonchev–Trinajstić information content (AvgIpc) is 2.24. The summed E-state index contributed by atoms with van der Waals surface area (Å²) in [6.45, 7) is 8.03. The molecule has 2 nitrogen and oxygen atoms in total. The van der Waals surface area contributed by atoms with E-state index in [-0.39, 0.29) is 6.04 Å². The standard InChI is InChI=1S/C15H25NO/c1-12(2)11-17-8-7-15(16)10-14-6-4-5-13(3)9-14/h4-6,9,12,15H,7-8,10-11,16H2,1-3H3. The van der Waals surface area contributed by atoms with Gasteiger partial charge in [-0.15, -0.1) is 0 Å². The third kappa shape index (κ3) is 6.44. The van der Waals surface area contributed by atoms with Crippen LogP contribution < -0.4 is 5.73 Å². The minimum Gasteiger partial charge on any atom is -0.381 e. The van der Waals surface area contributed by atoms with Gasteiger partial charge in [0.25, 0.3) is 0 Å². The van der Waals surface area contributed by atoms with E-state index in [1.54, 1.807) is 0 Å². The molecule has 1 unspecified atom stereocenters. The van der Waals surface area contributed by atoms with Crippen LogP contribution in [0.25, 0.3) is 0 Å². The number of nitrogens with two attached hydrogens (primary N) is 1. The van der Waals surface area contributed by atoms with Gasteiger partial charge in [-0.05, 0) is 31.2 Å². The second-order valence-corrected chi connectivity index (χ2v) is 5.21. The SMILES string of the molecule is Cc1cccc(CC(N)CCOCC(C)C)c1. The van der Waals surface area contributed by atoms with E-state index in [0.717, 1.165) is 26.1 Å². The molecular weight excluding hydrogens is 210 g/mol. The fourth-order valence-electron chi connectivity index (χ4n) is 1.80. The van der Waals surface area contributed by atoms with Gasteiger partial charge < -0.3 is 10.5 Å². The summed E-state index contributed by atoms with van der Waals surface area (Å²) in [6, 6.07) is 8.74. The maximum atomic E-state index is 6.09. The van der Waals surface area contributed by atoms with Gasteiger partial charge in [0.2, 0.25) is 0 Å². The van der Waals surface area contributed by atoms with Crippen LogP contribution in [0, 0.1) is 12.8 Å². The van der Waals surface area contributed by atoms with E-state index in [1.807, 2.05) is 0 Å². The van der Waals surface area contributed by atoms with Crippen molar-refractivity contribution in [3.8, 4) is 0 Å². The quantitative estimate of drug-likeness (QED) is 0.737. The molecule has 1 rings (SSSR count). The lowest BCUT2D eigenvalue weighted by molar-refractivity contribution is 0.104. The number of aryl methyl sites for hydroxylation is 1. The van der Waals surface area contributed by atoms with Crippen molar-refractivity contribution in [1.29, 1.82) is 0 Å². The second kappa shape index (κ2) is 7.46. The molecule has 0 spiro atoms. The Morgan fingerprint density at radius 2 is 2.06 bits per heavy atom. The zero-order valence-electron chi connectivity index (χ0n) is 11.3. The summed E-state index contributed by atoms with van der Waals surface area (Å²) in [6.07, 6.45) is 1.87. The Kier molecular flexibility index (Phi) is 6.23. The molecule has 17 heavy (non-hydrogen) atoms. The van der Waals surface area contributed by atoms with Crippen LogP contribution >= 0.6 is 0 Å². The Balaban J connectivity index is 2.23. The Hall–Kier alpha value is -0.860.